The van der Waals surface area contributed by atoms with Crippen LogP contribution in [0.15, 0.2) is 225 Å². The molecule has 0 saturated heterocycles. The van der Waals surface area contributed by atoms with E-state index in [9.17, 15) is 0 Å². The molecule has 0 fully saturated rings. The molecule has 0 bridgehead atoms. The largest absolute Gasteiger partial charge is 0.509 e. The van der Waals surface area contributed by atoms with Gasteiger partial charge in [-0.3, -0.25) is 0 Å². The molecule has 0 radical (unpaired) electrons. The summed E-state index contributed by atoms with van der Waals surface area (Å²) in [6.45, 7) is 22.9. The number of pyridine rings is 1. The fraction of sp³-hybridized carbons (Fsp3) is 0.178. The van der Waals surface area contributed by atoms with Crippen LogP contribution in [-0.2, 0) is 42.7 Å². The molecule has 0 atom stereocenters. The summed E-state index contributed by atoms with van der Waals surface area (Å²) in [5.41, 5.74) is 15.8. The first-order valence-corrected chi connectivity index (χ1v) is 27.2. The van der Waals surface area contributed by atoms with Gasteiger partial charge in [-0.05, 0) is 103 Å². The predicted octanol–water partition coefficient (Wildman–Crippen LogP) is 18.9. The van der Waals surface area contributed by atoms with Crippen LogP contribution in [0.25, 0.3) is 38.8 Å². The van der Waals surface area contributed by atoms with Crippen LogP contribution in [0.4, 0.5) is 22.7 Å². The van der Waals surface area contributed by atoms with E-state index < -0.39 is 5.41 Å². The minimum absolute atomic E-state index is 0. The topological polar surface area (TPSA) is 33.5 Å². The van der Waals surface area contributed by atoms with Crippen molar-refractivity contribution >= 4 is 44.6 Å². The maximum atomic E-state index is 7.11. The average Bonchev–Trinajstić information content (AvgIpc) is 4.26. The summed E-state index contributed by atoms with van der Waals surface area (Å²) in [6, 6.07) is 86.1. The van der Waals surface area contributed by atoms with Crippen molar-refractivity contribution in [1.82, 2.24) is 9.55 Å². The van der Waals surface area contributed by atoms with Gasteiger partial charge in [-0.25, -0.2) is 4.98 Å². The first-order chi connectivity index (χ1) is 37.5. The Hall–Kier alpha value is -7.98. The second-order valence-electron chi connectivity index (χ2n) is 23.5. The maximum Gasteiger partial charge on any atom is 0.135 e. The number of anilines is 4. The normalized spacial score (nSPS) is 12.9. The standard InChI is InChI=1S/C73H65N4O.Pt/c1-70(2,3)55-38-39-74-69(46-55)77-65-37-34-51(50-24-14-10-15-25-50)40-64(65)63-36-35-61(48-68(63)77)78-62-45-58(73(8,9)54-30-20-13-21-31-54)44-60(47-62)76-49-75(66-32-22-23-33-67(66)76)59-42-56(71(4,5)52-26-16-11-17-27-52)41-57(43-59)72(6,7)53-28-18-12-19-29-53;/h10-46,49H,1-9H3;/q-3;. The fourth-order valence-corrected chi connectivity index (χ4v) is 11.3. The van der Waals surface area contributed by atoms with Gasteiger partial charge in [0.15, 0.2) is 0 Å². The molecular weight excluding hydrogens is 1140 g/mol. The molecule has 0 aliphatic carbocycles. The van der Waals surface area contributed by atoms with Crippen LogP contribution in [-0.4, -0.2) is 9.55 Å². The number of aromatic nitrogens is 2. The van der Waals surface area contributed by atoms with Gasteiger partial charge >= 0.3 is 0 Å². The molecule has 0 saturated carbocycles. The molecule has 11 aromatic rings. The van der Waals surface area contributed by atoms with Crippen LogP contribution in [0.1, 0.15) is 101 Å². The number of rotatable bonds is 12. The number of hydrogen-bond donors (Lipinski definition) is 0. The summed E-state index contributed by atoms with van der Waals surface area (Å²) < 4.78 is 9.34. The van der Waals surface area contributed by atoms with E-state index >= 15 is 0 Å². The van der Waals surface area contributed by atoms with Crippen LogP contribution in [0, 0.1) is 18.8 Å². The zero-order chi connectivity index (χ0) is 54.0. The molecule has 0 unspecified atom stereocenters. The summed E-state index contributed by atoms with van der Waals surface area (Å²) in [7, 11) is 0. The Balaban J connectivity index is 0.00000660. The first-order valence-electron chi connectivity index (χ1n) is 27.2. The molecule has 0 N–H and O–H groups in total. The summed E-state index contributed by atoms with van der Waals surface area (Å²) in [5, 5.41) is 2.19. The third kappa shape index (κ3) is 9.89. The smallest absolute Gasteiger partial charge is 0.135 e. The van der Waals surface area contributed by atoms with E-state index in [1.807, 2.05) is 12.3 Å². The quantitative estimate of drug-likeness (QED) is 0.114. The van der Waals surface area contributed by atoms with Gasteiger partial charge in [-0.1, -0.05) is 219 Å². The first kappa shape index (κ1) is 53.0. The average molecular weight is 1210 g/mol. The number of benzene rings is 9. The van der Waals surface area contributed by atoms with Crippen LogP contribution in [0.5, 0.6) is 11.5 Å². The zero-order valence-corrected chi connectivity index (χ0v) is 48.7. The van der Waals surface area contributed by atoms with Gasteiger partial charge in [0.25, 0.3) is 0 Å². The van der Waals surface area contributed by atoms with Gasteiger partial charge in [0.2, 0.25) is 0 Å². The molecule has 1 aliphatic rings. The van der Waals surface area contributed by atoms with Crippen LogP contribution in [0.2, 0.25) is 0 Å². The van der Waals surface area contributed by atoms with Gasteiger partial charge in [-0.2, -0.15) is 6.07 Å². The number of ether oxygens (including phenoxy) is 1. The monoisotopic (exact) mass is 1210 g/mol. The van der Waals surface area contributed by atoms with E-state index in [-0.39, 0.29) is 37.3 Å². The Kier molecular flexibility index (Phi) is 13.9. The van der Waals surface area contributed by atoms with E-state index in [4.69, 9.17) is 9.72 Å². The molecule has 5 nitrogen and oxygen atoms in total. The van der Waals surface area contributed by atoms with E-state index in [0.717, 1.165) is 61.5 Å². The number of hydrogen-bond acceptors (Lipinski definition) is 4. The molecule has 79 heavy (non-hydrogen) atoms. The van der Waals surface area contributed by atoms with Crippen LogP contribution >= 0.6 is 0 Å². The van der Waals surface area contributed by atoms with E-state index in [0.29, 0.717) is 11.5 Å². The van der Waals surface area contributed by atoms with Gasteiger partial charge < -0.3 is 19.1 Å². The fourth-order valence-electron chi connectivity index (χ4n) is 11.3. The van der Waals surface area contributed by atoms with Crippen molar-refractivity contribution in [2.24, 2.45) is 0 Å². The van der Waals surface area contributed by atoms with Crippen molar-refractivity contribution in [1.29, 1.82) is 0 Å². The Morgan fingerprint density at radius 3 is 1.52 bits per heavy atom. The van der Waals surface area contributed by atoms with Gasteiger partial charge in [0.05, 0.1) is 0 Å². The molecular formula is C73H65N4OPt-3. The molecule has 9 aromatic carbocycles. The zero-order valence-electron chi connectivity index (χ0n) is 46.5. The third-order valence-electron chi connectivity index (χ3n) is 16.4. The molecule has 1 aliphatic heterocycles. The molecule has 0 amide bonds. The molecule has 0 spiro atoms. The second-order valence-corrected chi connectivity index (χ2v) is 23.5. The van der Waals surface area contributed by atoms with Gasteiger partial charge in [0.1, 0.15) is 5.82 Å². The SMILES string of the molecule is CC(C)(C)c1ccnc(-n2c3[c-]c(Oc4[c-]c(N5[CH-]N(c6cc(C(C)(C)c7ccccc7)cc(C(C)(C)c7ccccc7)c6)c6ccccc65)cc(C(C)(C)c5ccccc5)c4)ccc3c3cc(-c4ccccc4)ccc32)c1.[Pt]. The number of fused-ring (bicyclic) bond motifs is 4. The van der Waals surface area contributed by atoms with Crippen molar-refractivity contribution in [2.45, 2.75) is 84.0 Å². The maximum absolute atomic E-state index is 7.11. The van der Waals surface area contributed by atoms with Crippen LogP contribution in [0.3, 0.4) is 0 Å². The third-order valence-corrected chi connectivity index (χ3v) is 16.4. The van der Waals surface area contributed by atoms with E-state index in [1.54, 1.807) is 0 Å². The molecule has 3 heterocycles. The van der Waals surface area contributed by atoms with Gasteiger partial charge in [0, 0.05) is 72.2 Å². The molecule has 396 valence electrons. The van der Waals surface area contributed by atoms with Gasteiger partial charge in [-0.15, -0.1) is 53.6 Å². The molecule has 2 aromatic heterocycles. The summed E-state index contributed by atoms with van der Waals surface area (Å²) in [4.78, 5) is 9.62. The van der Waals surface area contributed by atoms with Crippen molar-refractivity contribution in [3.05, 3.63) is 282 Å². The predicted molar refractivity (Wildman–Crippen MR) is 324 cm³/mol. The Labute approximate surface area is 481 Å². The van der Waals surface area contributed by atoms with Crippen molar-refractivity contribution in [2.75, 3.05) is 9.80 Å². The molecule has 6 heteroatoms. The second kappa shape index (κ2) is 20.7. The number of nitrogens with zero attached hydrogens (tertiary/aromatic N) is 4. The summed E-state index contributed by atoms with van der Waals surface area (Å²) in [5.74, 6) is 2.01. The Morgan fingerprint density at radius 2 is 0.949 bits per heavy atom. The Bertz CT molecular complexity index is 3920. The van der Waals surface area contributed by atoms with E-state index in [2.05, 4.69) is 308 Å². The van der Waals surface area contributed by atoms with Crippen molar-refractivity contribution in [3.8, 4) is 28.4 Å². The minimum Gasteiger partial charge on any atom is -0.509 e. The van der Waals surface area contributed by atoms with E-state index in [1.165, 1.54) is 38.9 Å². The Morgan fingerprint density at radius 1 is 0.418 bits per heavy atom. The van der Waals surface area contributed by atoms with Crippen LogP contribution < -0.4 is 14.5 Å². The summed E-state index contributed by atoms with van der Waals surface area (Å²) >= 11 is 0. The van der Waals surface area contributed by atoms with Crippen molar-refractivity contribution in [3.63, 3.8) is 0 Å². The molecule has 12 rings (SSSR count). The number of para-hydroxylation sites is 2. The minimum atomic E-state index is -0.405. The van der Waals surface area contributed by atoms with Crippen molar-refractivity contribution < 1.29 is 25.8 Å². The summed E-state index contributed by atoms with van der Waals surface area (Å²) in [6.07, 6.45) is 1.92.